The van der Waals surface area contributed by atoms with Crippen LogP contribution in [0.2, 0.25) is 0 Å². The normalized spacial score (nSPS) is 11.4. The maximum absolute atomic E-state index is 11.1. The summed E-state index contributed by atoms with van der Waals surface area (Å²) in [5, 5.41) is 11.4. The van der Waals surface area contributed by atoms with Crippen molar-refractivity contribution in [1.82, 2.24) is 10.6 Å². The number of nitrogens with one attached hydrogen (secondary N) is 3. The second-order valence-electron chi connectivity index (χ2n) is 7.04. The summed E-state index contributed by atoms with van der Waals surface area (Å²) in [5.41, 5.74) is 0.723. The van der Waals surface area contributed by atoms with E-state index in [0.717, 1.165) is 18.2 Å². The Morgan fingerprint density at radius 2 is 2.00 bits per heavy atom. The van der Waals surface area contributed by atoms with E-state index < -0.39 is 0 Å². The molecule has 1 amide bonds. The quantitative estimate of drug-likeness (QED) is 0.196. The number of halogens is 1. The van der Waals surface area contributed by atoms with Gasteiger partial charge in [0.25, 0.3) is 0 Å². The lowest BCUT2D eigenvalue weighted by Crippen LogP contribution is -2.40. The van der Waals surface area contributed by atoms with E-state index >= 15 is 0 Å². The van der Waals surface area contributed by atoms with E-state index in [1.165, 1.54) is 11.8 Å². The molecule has 2 aromatic rings. The summed E-state index contributed by atoms with van der Waals surface area (Å²) in [6, 6.07) is 11.6. The third kappa shape index (κ3) is 9.03. The van der Waals surface area contributed by atoms with Gasteiger partial charge in [0.05, 0.1) is 13.1 Å². The van der Waals surface area contributed by atoms with Crippen molar-refractivity contribution in [2.45, 2.75) is 33.1 Å². The van der Waals surface area contributed by atoms with Gasteiger partial charge in [0, 0.05) is 35.5 Å². The van der Waals surface area contributed by atoms with Gasteiger partial charge >= 0.3 is 0 Å². The molecule has 160 valence electrons. The van der Waals surface area contributed by atoms with Crippen LogP contribution >= 0.6 is 35.3 Å². The highest BCUT2D eigenvalue weighted by molar-refractivity contribution is 14.0. The monoisotopic (exact) mass is 530 g/mol. The van der Waals surface area contributed by atoms with Crippen LogP contribution in [0.1, 0.15) is 32.6 Å². The fourth-order valence-electron chi connectivity index (χ4n) is 2.57. The van der Waals surface area contributed by atoms with Crippen LogP contribution in [0.5, 0.6) is 5.75 Å². The van der Waals surface area contributed by atoms with Crippen molar-refractivity contribution < 1.29 is 9.53 Å². The summed E-state index contributed by atoms with van der Waals surface area (Å²) in [4.78, 5) is 17.2. The Hall–Kier alpha value is -1.81. The van der Waals surface area contributed by atoms with E-state index in [1.807, 2.05) is 31.2 Å². The average Bonchev–Trinajstić information content (AvgIpc) is 3.19. The van der Waals surface area contributed by atoms with Gasteiger partial charge in [-0.2, -0.15) is 0 Å². The number of benzene rings is 1. The van der Waals surface area contributed by atoms with Crippen molar-refractivity contribution in [2.24, 2.45) is 4.99 Å². The predicted molar refractivity (Wildman–Crippen MR) is 133 cm³/mol. The summed E-state index contributed by atoms with van der Waals surface area (Å²) >= 11 is 1.76. The first-order valence-corrected chi connectivity index (χ1v) is 10.4. The Morgan fingerprint density at radius 3 is 2.66 bits per heavy atom. The molecule has 0 unspecified atom stereocenters. The number of amides is 1. The van der Waals surface area contributed by atoms with Gasteiger partial charge in [0.15, 0.2) is 5.96 Å². The maximum atomic E-state index is 11.1. The second-order valence-corrected chi connectivity index (χ2v) is 7.99. The van der Waals surface area contributed by atoms with E-state index in [0.29, 0.717) is 25.4 Å². The molecule has 0 fully saturated rings. The fraction of sp³-hybridized carbons (Fsp3) is 0.429. The van der Waals surface area contributed by atoms with E-state index in [4.69, 9.17) is 9.73 Å². The van der Waals surface area contributed by atoms with Gasteiger partial charge < -0.3 is 20.7 Å². The molecule has 29 heavy (non-hydrogen) atoms. The highest BCUT2D eigenvalue weighted by Crippen LogP contribution is 2.27. The minimum atomic E-state index is -0.101. The largest absolute Gasteiger partial charge is 0.492 e. The maximum Gasteiger partial charge on any atom is 0.221 e. The summed E-state index contributed by atoms with van der Waals surface area (Å²) in [5.74, 6) is 1.40. The lowest BCUT2D eigenvalue weighted by atomic mass is 9.92. The van der Waals surface area contributed by atoms with Gasteiger partial charge in [-0.3, -0.25) is 9.79 Å². The molecule has 1 heterocycles. The minimum Gasteiger partial charge on any atom is -0.492 e. The SMILES string of the molecule is CCNC(=NCC(C)(C)c1cccs1)NCCOc1cccc(NC(C)=O)c1.I. The molecule has 6 nitrogen and oxygen atoms in total. The number of hydrogen-bond donors (Lipinski definition) is 3. The van der Waals surface area contributed by atoms with Crippen molar-refractivity contribution in [3.8, 4) is 5.75 Å². The van der Waals surface area contributed by atoms with Crippen LogP contribution < -0.4 is 20.7 Å². The Bertz CT molecular complexity index is 779. The Labute approximate surface area is 194 Å². The fourth-order valence-corrected chi connectivity index (χ4v) is 3.41. The topological polar surface area (TPSA) is 74.8 Å². The summed E-state index contributed by atoms with van der Waals surface area (Å²) in [7, 11) is 0. The zero-order valence-corrected chi connectivity index (χ0v) is 20.6. The van der Waals surface area contributed by atoms with Crippen molar-refractivity contribution in [2.75, 3.05) is 31.6 Å². The smallest absolute Gasteiger partial charge is 0.221 e. The first kappa shape index (κ1) is 25.2. The van der Waals surface area contributed by atoms with Crippen LogP contribution in [0.25, 0.3) is 0 Å². The van der Waals surface area contributed by atoms with Gasteiger partial charge in [-0.05, 0) is 30.5 Å². The van der Waals surface area contributed by atoms with E-state index in [9.17, 15) is 4.79 Å². The number of guanidine groups is 1. The number of anilines is 1. The van der Waals surface area contributed by atoms with Gasteiger partial charge in [-0.1, -0.05) is 26.0 Å². The molecule has 0 spiro atoms. The van der Waals surface area contributed by atoms with Crippen LogP contribution in [-0.2, 0) is 10.2 Å². The number of thiophene rings is 1. The molecule has 0 radical (unpaired) electrons. The van der Waals surface area contributed by atoms with Crippen LogP contribution in [0, 0.1) is 0 Å². The molecule has 0 saturated heterocycles. The molecule has 0 bridgehead atoms. The van der Waals surface area contributed by atoms with Crippen LogP contribution in [0.4, 0.5) is 5.69 Å². The van der Waals surface area contributed by atoms with Crippen LogP contribution in [0.15, 0.2) is 46.8 Å². The number of rotatable bonds is 9. The first-order valence-electron chi connectivity index (χ1n) is 9.47. The van der Waals surface area contributed by atoms with Crippen molar-refractivity contribution in [3.63, 3.8) is 0 Å². The molecule has 0 saturated carbocycles. The van der Waals surface area contributed by atoms with E-state index in [2.05, 4.69) is 47.3 Å². The van der Waals surface area contributed by atoms with Crippen LogP contribution in [0.3, 0.4) is 0 Å². The lowest BCUT2D eigenvalue weighted by Gasteiger charge is -2.22. The van der Waals surface area contributed by atoms with Crippen LogP contribution in [-0.4, -0.2) is 38.1 Å². The third-order valence-corrected chi connectivity index (χ3v) is 5.22. The minimum absolute atomic E-state index is 0. The van der Waals surface area contributed by atoms with Gasteiger partial charge in [-0.15, -0.1) is 35.3 Å². The number of hydrogen-bond acceptors (Lipinski definition) is 4. The highest BCUT2D eigenvalue weighted by atomic mass is 127. The number of nitrogens with zero attached hydrogens (tertiary/aromatic N) is 1. The molecular weight excluding hydrogens is 499 g/mol. The molecular formula is C21H31IN4O2S. The van der Waals surface area contributed by atoms with Gasteiger partial charge in [0.1, 0.15) is 12.4 Å². The van der Waals surface area contributed by atoms with Crippen molar-refractivity contribution in [1.29, 1.82) is 0 Å². The first-order chi connectivity index (χ1) is 13.4. The zero-order chi connectivity index (χ0) is 20.4. The summed E-state index contributed by atoms with van der Waals surface area (Å²) in [6.07, 6.45) is 0. The van der Waals surface area contributed by atoms with Gasteiger partial charge in [-0.25, -0.2) is 0 Å². The summed E-state index contributed by atoms with van der Waals surface area (Å²) < 4.78 is 5.77. The van der Waals surface area contributed by atoms with Gasteiger partial charge in [0.2, 0.25) is 5.91 Å². The third-order valence-electron chi connectivity index (χ3n) is 3.98. The zero-order valence-electron chi connectivity index (χ0n) is 17.5. The standard InChI is InChI=1S/C21H30N4O2S.HI/c1-5-22-20(24-15-21(3,4)19-10-7-13-28-19)23-11-12-27-18-9-6-8-17(14-18)25-16(2)26;/h6-10,13-14H,5,11-12,15H2,1-4H3,(H,25,26)(H2,22,23,24);1H. The Balaban J connectivity index is 0.00000420. The Kier molecular flexibility index (Phi) is 11.0. The molecule has 3 N–H and O–H groups in total. The molecule has 8 heteroatoms. The molecule has 1 aromatic carbocycles. The van der Waals surface area contributed by atoms with E-state index in [-0.39, 0.29) is 35.3 Å². The molecule has 0 aliphatic carbocycles. The van der Waals surface area contributed by atoms with E-state index in [1.54, 1.807) is 11.3 Å². The average molecular weight is 530 g/mol. The number of ether oxygens (including phenoxy) is 1. The predicted octanol–water partition coefficient (Wildman–Crippen LogP) is 4.24. The second kappa shape index (κ2) is 12.7. The highest BCUT2D eigenvalue weighted by Gasteiger charge is 2.21. The number of aliphatic imine (C=N–C) groups is 1. The lowest BCUT2D eigenvalue weighted by molar-refractivity contribution is -0.114. The molecule has 0 atom stereocenters. The molecule has 2 rings (SSSR count). The molecule has 0 aliphatic heterocycles. The molecule has 0 aliphatic rings. The number of carbonyl (C=O) groups excluding carboxylic acids is 1. The summed E-state index contributed by atoms with van der Waals surface area (Å²) in [6.45, 7) is 10.5. The molecule has 1 aromatic heterocycles. The Morgan fingerprint density at radius 1 is 1.21 bits per heavy atom. The van der Waals surface area contributed by atoms with Crippen molar-refractivity contribution in [3.05, 3.63) is 46.7 Å². The number of carbonyl (C=O) groups is 1. The van der Waals surface area contributed by atoms with Crippen molar-refractivity contribution >= 4 is 52.9 Å².